The lowest BCUT2D eigenvalue weighted by atomic mass is 10.1. The van der Waals surface area contributed by atoms with Gasteiger partial charge >= 0.3 is 11.7 Å². The van der Waals surface area contributed by atoms with Gasteiger partial charge in [0.1, 0.15) is 13.2 Å². The van der Waals surface area contributed by atoms with Crippen molar-refractivity contribution in [2.45, 2.75) is 33.5 Å². The molecule has 2 aromatic heterocycles. The minimum atomic E-state index is -0.652. The summed E-state index contributed by atoms with van der Waals surface area (Å²) in [5.41, 5.74) is 2.38. The van der Waals surface area contributed by atoms with Gasteiger partial charge < -0.3 is 14.2 Å². The third kappa shape index (κ3) is 4.03. The van der Waals surface area contributed by atoms with Crippen LogP contribution in [0.25, 0.3) is 11.2 Å². The van der Waals surface area contributed by atoms with Crippen LogP contribution in [-0.2, 0) is 36.3 Å². The minimum Gasteiger partial charge on any atom is -0.459 e. The Morgan fingerprint density at radius 1 is 1.06 bits per heavy atom. The summed E-state index contributed by atoms with van der Waals surface area (Å²) in [5, 5.41) is 0. The highest BCUT2D eigenvalue weighted by atomic mass is 16.5. The first-order valence-electron chi connectivity index (χ1n) is 11.6. The number of nitrogens with zero attached hydrogens (tertiary/aromatic N) is 5. The summed E-state index contributed by atoms with van der Waals surface area (Å²) in [6.45, 7) is 5.07. The van der Waals surface area contributed by atoms with Crippen LogP contribution in [0.3, 0.4) is 0 Å². The van der Waals surface area contributed by atoms with E-state index in [1.807, 2.05) is 66.1 Å². The maximum atomic E-state index is 13.5. The van der Waals surface area contributed by atoms with Crippen LogP contribution in [0.15, 0.2) is 64.2 Å². The number of para-hydroxylation sites is 1. The summed E-state index contributed by atoms with van der Waals surface area (Å²) in [7, 11) is 1.57. The van der Waals surface area contributed by atoms with E-state index in [4.69, 9.17) is 9.72 Å². The fourth-order valence-corrected chi connectivity index (χ4v) is 4.63. The molecule has 0 saturated carbocycles. The Morgan fingerprint density at radius 3 is 2.51 bits per heavy atom. The van der Waals surface area contributed by atoms with Crippen LogP contribution >= 0.6 is 0 Å². The molecule has 3 heterocycles. The van der Waals surface area contributed by atoms with Gasteiger partial charge in [-0.05, 0) is 30.0 Å². The van der Waals surface area contributed by atoms with Gasteiger partial charge in [-0.1, -0.05) is 55.5 Å². The van der Waals surface area contributed by atoms with Crippen molar-refractivity contribution in [2.24, 2.45) is 13.0 Å². The molecule has 0 unspecified atom stereocenters. The molecule has 1 aliphatic rings. The average molecular weight is 474 g/mol. The Bertz CT molecular complexity index is 1530. The smallest absolute Gasteiger partial charge is 0.333 e. The number of rotatable bonds is 5. The summed E-state index contributed by atoms with van der Waals surface area (Å²) in [6, 6.07) is 17.3. The number of carbonyl (C=O) groups is 1. The molecule has 9 heteroatoms. The number of fused-ring (bicyclic) bond motifs is 3. The predicted octanol–water partition coefficient (Wildman–Crippen LogP) is 2.74. The molecule has 1 aliphatic heterocycles. The van der Waals surface area contributed by atoms with Gasteiger partial charge in [0.05, 0.1) is 0 Å². The molecule has 35 heavy (non-hydrogen) atoms. The Labute approximate surface area is 201 Å². The van der Waals surface area contributed by atoms with E-state index in [-0.39, 0.29) is 12.5 Å². The minimum absolute atomic E-state index is 0.0714. The molecule has 4 aromatic rings. The maximum Gasteiger partial charge on any atom is 0.333 e. The van der Waals surface area contributed by atoms with Crippen molar-refractivity contribution in [3.05, 3.63) is 86.6 Å². The zero-order chi connectivity index (χ0) is 24.7. The fraction of sp³-hybridized carbons (Fsp3) is 0.308. The Balaban J connectivity index is 1.56. The molecule has 0 N–H and O–H groups in total. The van der Waals surface area contributed by atoms with Crippen molar-refractivity contribution < 1.29 is 9.53 Å². The number of imidazole rings is 1. The lowest BCUT2D eigenvalue weighted by Gasteiger charge is -2.33. The summed E-state index contributed by atoms with van der Waals surface area (Å²) >= 11 is 0. The Kier molecular flexibility index (Phi) is 5.76. The van der Waals surface area contributed by atoms with E-state index in [0.717, 1.165) is 27.9 Å². The van der Waals surface area contributed by atoms with Gasteiger partial charge in [0.25, 0.3) is 5.56 Å². The Morgan fingerprint density at radius 2 is 1.77 bits per heavy atom. The highest BCUT2D eigenvalue weighted by molar-refractivity contribution is 5.78. The lowest BCUT2D eigenvalue weighted by molar-refractivity contribution is -0.145. The molecule has 0 spiro atoms. The molecule has 0 fully saturated rings. The second kappa shape index (κ2) is 8.90. The van der Waals surface area contributed by atoms with E-state index in [1.165, 1.54) is 4.57 Å². The van der Waals surface area contributed by atoms with E-state index in [9.17, 15) is 14.4 Å². The van der Waals surface area contributed by atoms with Gasteiger partial charge in [0.2, 0.25) is 5.95 Å². The zero-order valence-electron chi connectivity index (χ0n) is 20.0. The van der Waals surface area contributed by atoms with Gasteiger partial charge in [-0.2, -0.15) is 4.98 Å². The van der Waals surface area contributed by atoms with Crippen LogP contribution < -0.4 is 16.1 Å². The van der Waals surface area contributed by atoms with Crippen LogP contribution in [0.1, 0.15) is 18.1 Å². The van der Waals surface area contributed by atoms with Gasteiger partial charge in [-0.25, -0.2) is 9.36 Å². The summed E-state index contributed by atoms with van der Waals surface area (Å²) in [6.07, 6.45) is 0. The quantitative estimate of drug-likeness (QED) is 0.414. The first-order chi connectivity index (χ1) is 16.8. The highest BCUT2D eigenvalue weighted by Crippen LogP contribution is 2.34. The Hall–Kier alpha value is -4.14. The number of hydrogen-bond donors (Lipinski definition) is 0. The molecule has 0 radical (unpaired) electrons. The molecular weight excluding hydrogens is 446 g/mol. The van der Waals surface area contributed by atoms with E-state index in [2.05, 4.69) is 11.8 Å². The van der Waals surface area contributed by atoms with E-state index < -0.39 is 23.8 Å². The number of esters is 1. The number of ether oxygens (including phenoxy) is 1. The topological polar surface area (TPSA) is 91.4 Å². The van der Waals surface area contributed by atoms with Crippen molar-refractivity contribution in [3.8, 4) is 0 Å². The van der Waals surface area contributed by atoms with Gasteiger partial charge in [0, 0.05) is 25.8 Å². The van der Waals surface area contributed by atoms with Crippen molar-refractivity contribution in [1.82, 2.24) is 18.7 Å². The molecule has 0 saturated heterocycles. The fourth-order valence-electron chi connectivity index (χ4n) is 4.63. The van der Waals surface area contributed by atoms with Gasteiger partial charge in [-0.15, -0.1) is 0 Å². The summed E-state index contributed by atoms with van der Waals surface area (Å²) < 4.78 is 9.44. The normalized spacial score (nSPS) is 15.3. The molecule has 0 aliphatic carbocycles. The van der Waals surface area contributed by atoms with Gasteiger partial charge in [-0.3, -0.25) is 14.2 Å². The SMILES string of the molecule is Cc1ccccc1N1C[C@@H](C)Cn2c1nc1c2c(=O)n(CC(=O)OCc2ccccc2)c(=O)n1C. The third-order valence-corrected chi connectivity index (χ3v) is 6.38. The second-order valence-electron chi connectivity index (χ2n) is 9.08. The van der Waals surface area contributed by atoms with Crippen molar-refractivity contribution in [2.75, 3.05) is 11.4 Å². The third-order valence-electron chi connectivity index (χ3n) is 6.38. The van der Waals surface area contributed by atoms with Crippen LogP contribution in [0, 0.1) is 12.8 Å². The number of hydrogen-bond acceptors (Lipinski definition) is 6. The van der Waals surface area contributed by atoms with Gasteiger partial charge in [0.15, 0.2) is 11.2 Å². The number of carbonyl (C=O) groups excluding carboxylic acids is 1. The largest absolute Gasteiger partial charge is 0.459 e. The predicted molar refractivity (Wildman–Crippen MR) is 133 cm³/mol. The van der Waals surface area contributed by atoms with E-state index in [0.29, 0.717) is 23.7 Å². The van der Waals surface area contributed by atoms with Crippen LogP contribution in [0.4, 0.5) is 11.6 Å². The highest BCUT2D eigenvalue weighted by Gasteiger charge is 2.30. The van der Waals surface area contributed by atoms with Crippen molar-refractivity contribution >= 4 is 28.8 Å². The first-order valence-corrected chi connectivity index (χ1v) is 11.6. The van der Waals surface area contributed by atoms with Crippen molar-refractivity contribution in [1.29, 1.82) is 0 Å². The standard InChI is InChI=1S/C26H27N5O4/c1-17-13-29(20-12-8-7-9-18(20)2)25-27-23-22(30(25)14-17)24(33)31(26(34)28(23)3)15-21(32)35-16-19-10-5-4-6-11-19/h4-12,17H,13-16H2,1-3H3/t17-/m1/s1. The molecule has 180 valence electrons. The van der Waals surface area contributed by atoms with Crippen LogP contribution in [-0.4, -0.2) is 31.2 Å². The molecule has 5 rings (SSSR count). The molecular formula is C26H27N5O4. The number of benzene rings is 2. The average Bonchev–Trinajstić information content (AvgIpc) is 3.24. The number of aromatic nitrogens is 4. The number of aryl methyl sites for hydroxylation is 2. The first kappa shape index (κ1) is 22.6. The maximum absolute atomic E-state index is 13.5. The number of anilines is 2. The molecule has 1 atom stereocenters. The van der Waals surface area contributed by atoms with Crippen molar-refractivity contribution in [3.63, 3.8) is 0 Å². The zero-order valence-corrected chi connectivity index (χ0v) is 20.0. The lowest BCUT2D eigenvalue weighted by Crippen LogP contribution is -2.42. The molecule has 0 bridgehead atoms. The van der Waals surface area contributed by atoms with E-state index in [1.54, 1.807) is 7.05 Å². The molecule has 0 amide bonds. The summed E-state index contributed by atoms with van der Waals surface area (Å²) in [5.74, 6) is 0.199. The van der Waals surface area contributed by atoms with E-state index >= 15 is 0 Å². The second-order valence-corrected chi connectivity index (χ2v) is 9.08. The monoisotopic (exact) mass is 473 g/mol. The molecule has 9 nitrogen and oxygen atoms in total. The van der Waals surface area contributed by atoms with Crippen LogP contribution in [0.2, 0.25) is 0 Å². The van der Waals surface area contributed by atoms with Crippen LogP contribution in [0.5, 0.6) is 0 Å². The molecule has 2 aromatic carbocycles. The summed E-state index contributed by atoms with van der Waals surface area (Å²) in [4.78, 5) is 45.9.